The summed E-state index contributed by atoms with van der Waals surface area (Å²) in [6.45, 7) is 0.189. The van der Waals surface area contributed by atoms with E-state index in [4.69, 9.17) is 30.5 Å². The Morgan fingerprint density at radius 3 is 2.00 bits per heavy atom. The molecular formula is C19H22ClNO6. The number of halogens is 1. The lowest BCUT2D eigenvalue weighted by molar-refractivity contribution is -0.116. The number of carbonyl (C=O) groups is 1. The molecule has 0 heterocycles. The second kappa shape index (κ2) is 9.23. The van der Waals surface area contributed by atoms with Crippen LogP contribution in [0.1, 0.15) is 5.56 Å². The van der Waals surface area contributed by atoms with Gasteiger partial charge in [-0.3, -0.25) is 4.79 Å². The predicted molar refractivity (Wildman–Crippen MR) is 103 cm³/mol. The van der Waals surface area contributed by atoms with Crippen LogP contribution in [-0.2, 0) is 11.3 Å². The van der Waals surface area contributed by atoms with Crippen molar-refractivity contribution in [1.82, 2.24) is 0 Å². The number of anilines is 1. The third-order valence-electron chi connectivity index (χ3n) is 3.95. The van der Waals surface area contributed by atoms with Gasteiger partial charge in [-0.25, -0.2) is 0 Å². The first-order valence-electron chi connectivity index (χ1n) is 8.01. The van der Waals surface area contributed by atoms with Crippen molar-refractivity contribution in [2.24, 2.45) is 0 Å². The van der Waals surface area contributed by atoms with Gasteiger partial charge in [-0.2, -0.15) is 0 Å². The minimum Gasteiger partial charge on any atom is -0.504 e. The molecule has 0 saturated heterocycles. The van der Waals surface area contributed by atoms with Crippen LogP contribution in [0.4, 0.5) is 5.69 Å². The quantitative estimate of drug-likeness (QED) is 0.691. The SMILES string of the molecule is COc1ccc(N(Cc2cc(OC)c(OC)c(OC)c2)C(=O)CCl)cc1O. The Bertz CT molecular complexity index is 786. The van der Waals surface area contributed by atoms with Gasteiger partial charge in [-0.15, -0.1) is 11.6 Å². The van der Waals surface area contributed by atoms with Crippen LogP contribution < -0.4 is 23.8 Å². The van der Waals surface area contributed by atoms with Crippen molar-refractivity contribution in [3.05, 3.63) is 35.9 Å². The molecule has 2 aromatic carbocycles. The molecule has 0 atom stereocenters. The molecule has 1 N–H and O–H groups in total. The standard InChI is InChI=1S/C19H22ClNO6/c1-24-15-6-5-13(9-14(15)22)21(18(23)10-20)11-12-7-16(25-2)19(27-4)17(8-12)26-3/h5-9,22H,10-11H2,1-4H3. The van der Waals surface area contributed by atoms with Gasteiger partial charge in [0.1, 0.15) is 5.88 Å². The number of alkyl halides is 1. The van der Waals surface area contributed by atoms with E-state index in [2.05, 4.69) is 0 Å². The second-order valence-corrected chi connectivity index (χ2v) is 5.77. The summed E-state index contributed by atoms with van der Waals surface area (Å²) in [5.74, 6) is 1.11. The molecule has 1 amide bonds. The van der Waals surface area contributed by atoms with Crippen LogP contribution in [0.3, 0.4) is 0 Å². The maximum atomic E-state index is 12.4. The van der Waals surface area contributed by atoms with Crippen LogP contribution >= 0.6 is 11.6 Å². The largest absolute Gasteiger partial charge is 0.504 e. The average Bonchev–Trinajstić information content (AvgIpc) is 2.70. The predicted octanol–water partition coefficient (Wildman–Crippen LogP) is 3.20. The van der Waals surface area contributed by atoms with Crippen molar-refractivity contribution in [1.29, 1.82) is 0 Å². The Hall–Kier alpha value is -2.80. The zero-order valence-electron chi connectivity index (χ0n) is 15.6. The van der Waals surface area contributed by atoms with E-state index < -0.39 is 0 Å². The number of aromatic hydroxyl groups is 1. The van der Waals surface area contributed by atoms with Crippen molar-refractivity contribution >= 4 is 23.2 Å². The number of hydrogen-bond acceptors (Lipinski definition) is 6. The van der Waals surface area contributed by atoms with Gasteiger partial charge >= 0.3 is 0 Å². The fourth-order valence-corrected chi connectivity index (χ4v) is 2.80. The topological polar surface area (TPSA) is 77.5 Å². The molecule has 0 spiro atoms. The molecule has 2 aromatic rings. The van der Waals surface area contributed by atoms with Crippen molar-refractivity contribution in [2.45, 2.75) is 6.54 Å². The molecule has 8 heteroatoms. The van der Waals surface area contributed by atoms with Crippen LogP contribution in [0.25, 0.3) is 0 Å². The number of rotatable bonds is 8. The minimum atomic E-state index is -0.324. The highest BCUT2D eigenvalue weighted by atomic mass is 35.5. The maximum Gasteiger partial charge on any atom is 0.242 e. The molecule has 0 aliphatic rings. The number of hydrogen-bond donors (Lipinski definition) is 1. The Kier molecular flexibility index (Phi) is 7.01. The summed E-state index contributed by atoms with van der Waals surface area (Å²) in [7, 11) is 6.00. The number of benzene rings is 2. The van der Waals surface area contributed by atoms with E-state index in [9.17, 15) is 9.90 Å². The summed E-state index contributed by atoms with van der Waals surface area (Å²) >= 11 is 5.78. The van der Waals surface area contributed by atoms with Gasteiger partial charge in [-0.1, -0.05) is 0 Å². The third kappa shape index (κ3) is 4.49. The minimum absolute atomic E-state index is 0.0766. The lowest BCUT2D eigenvalue weighted by atomic mass is 10.1. The van der Waals surface area contributed by atoms with Gasteiger partial charge in [0.15, 0.2) is 23.0 Å². The summed E-state index contributed by atoms with van der Waals surface area (Å²) in [5, 5.41) is 10.0. The van der Waals surface area contributed by atoms with Crippen LogP contribution in [0.5, 0.6) is 28.7 Å². The summed E-state index contributed by atoms with van der Waals surface area (Å²) in [6.07, 6.45) is 0. The zero-order valence-corrected chi connectivity index (χ0v) is 16.4. The normalized spacial score (nSPS) is 10.3. The number of phenols is 1. The molecule has 0 radical (unpaired) electrons. The number of methoxy groups -OCH3 is 4. The van der Waals surface area contributed by atoms with Gasteiger partial charge in [0, 0.05) is 11.8 Å². The molecule has 0 fully saturated rings. The molecule has 146 valence electrons. The summed E-state index contributed by atoms with van der Waals surface area (Å²) in [6, 6.07) is 8.19. The lowest BCUT2D eigenvalue weighted by Crippen LogP contribution is -2.31. The Morgan fingerprint density at radius 2 is 1.56 bits per heavy atom. The Morgan fingerprint density at radius 1 is 0.963 bits per heavy atom. The first kappa shape index (κ1) is 20.5. The van der Waals surface area contributed by atoms with Crippen molar-refractivity contribution < 1.29 is 28.8 Å². The van der Waals surface area contributed by atoms with Gasteiger partial charge in [0.05, 0.1) is 35.0 Å². The Labute approximate surface area is 163 Å². The number of phenolic OH excluding ortho intramolecular Hbond substituents is 1. The summed E-state index contributed by atoms with van der Waals surface area (Å²) in [5.41, 5.74) is 1.21. The Balaban J connectivity index is 2.45. The molecule has 0 aromatic heterocycles. The van der Waals surface area contributed by atoms with Crippen molar-refractivity contribution in [3.8, 4) is 28.7 Å². The van der Waals surface area contributed by atoms with Gasteiger partial charge in [-0.05, 0) is 29.8 Å². The molecule has 0 bridgehead atoms. The molecule has 27 heavy (non-hydrogen) atoms. The van der Waals surface area contributed by atoms with Gasteiger partial charge in [0.2, 0.25) is 11.7 Å². The number of carbonyl (C=O) groups excluding carboxylic acids is 1. The first-order chi connectivity index (χ1) is 13.0. The second-order valence-electron chi connectivity index (χ2n) is 5.50. The van der Waals surface area contributed by atoms with E-state index in [1.165, 1.54) is 39.4 Å². The molecule has 0 aliphatic heterocycles. The van der Waals surface area contributed by atoms with E-state index in [0.717, 1.165) is 5.56 Å². The zero-order chi connectivity index (χ0) is 20.0. The van der Waals surface area contributed by atoms with Crippen LogP contribution in [0.15, 0.2) is 30.3 Å². The average molecular weight is 396 g/mol. The first-order valence-corrected chi connectivity index (χ1v) is 8.54. The molecule has 0 unspecified atom stereocenters. The maximum absolute atomic E-state index is 12.4. The van der Waals surface area contributed by atoms with Crippen LogP contribution in [0, 0.1) is 0 Å². The monoisotopic (exact) mass is 395 g/mol. The smallest absolute Gasteiger partial charge is 0.242 e. The number of ether oxygens (including phenoxy) is 4. The fourth-order valence-electron chi connectivity index (χ4n) is 2.65. The van der Waals surface area contributed by atoms with Crippen molar-refractivity contribution in [3.63, 3.8) is 0 Å². The van der Waals surface area contributed by atoms with Gasteiger partial charge in [0.25, 0.3) is 0 Å². The molecule has 2 rings (SSSR count). The van der Waals surface area contributed by atoms with Crippen molar-refractivity contribution in [2.75, 3.05) is 39.2 Å². The lowest BCUT2D eigenvalue weighted by Gasteiger charge is -2.24. The molecule has 0 saturated carbocycles. The van der Waals surface area contributed by atoms with E-state index in [1.54, 1.807) is 24.3 Å². The molecular weight excluding hydrogens is 374 g/mol. The van der Waals surface area contributed by atoms with Gasteiger partial charge < -0.3 is 29.0 Å². The van der Waals surface area contributed by atoms with E-state index in [1.807, 2.05) is 0 Å². The molecule has 7 nitrogen and oxygen atoms in total. The number of amides is 1. The van der Waals surface area contributed by atoms with E-state index in [-0.39, 0.29) is 24.1 Å². The third-order valence-corrected chi connectivity index (χ3v) is 4.18. The highest BCUT2D eigenvalue weighted by Gasteiger charge is 2.20. The van der Waals surface area contributed by atoms with E-state index in [0.29, 0.717) is 28.7 Å². The van der Waals surface area contributed by atoms with Crippen LogP contribution in [0.2, 0.25) is 0 Å². The highest BCUT2D eigenvalue weighted by molar-refractivity contribution is 6.29. The molecule has 0 aliphatic carbocycles. The number of nitrogens with zero attached hydrogens (tertiary/aromatic N) is 1. The summed E-state index contributed by atoms with van der Waals surface area (Å²) < 4.78 is 21.1. The van der Waals surface area contributed by atoms with E-state index >= 15 is 0 Å². The summed E-state index contributed by atoms with van der Waals surface area (Å²) in [4.78, 5) is 13.9. The van der Waals surface area contributed by atoms with Crippen LogP contribution in [-0.4, -0.2) is 45.3 Å². The highest BCUT2D eigenvalue weighted by Crippen LogP contribution is 2.39. The fraction of sp³-hybridized carbons (Fsp3) is 0.316.